The van der Waals surface area contributed by atoms with Gasteiger partial charge in [-0.05, 0) is 125 Å². The number of nitrogens with zero attached hydrogens (tertiary/aromatic N) is 4. The molecule has 0 radical (unpaired) electrons. The zero-order valence-corrected chi connectivity index (χ0v) is 30.0. The fraction of sp³-hybridized carbons (Fsp3) is 0.200. The van der Waals surface area contributed by atoms with Gasteiger partial charge in [0.2, 0.25) is 0 Å². The van der Waals surface area contributed by atoms with Gasteiger partial charge in [0.1, 0.15) is 0 Å². The van der Waals surface area contributed by atoms with Gasteiger partial charge in [-0.2, -0.15) is 5.26 Å². The summed E-state index contributed by atoms with van der Waals surface area (Å²) in [6.07, 6.45) is 6.76. The molecule has 4 saturated carbocycles. The molecule has 0 N–H and O–H groups in total. The van der Waals surface area contributed by atoms with Crippen LogP contribution in [0.15, 0.2) is 146 Å². The Balaban J connectivity index is 1.07. The molecule has 6 aromatic carbocycles. The summed E-state index contributed by atoms with van der Waals surface area (Å²) >= 11 is 0. The Morgan fingerprint density at radius 1 is 0.444 bits per heavy atom. The molecule has 0 amide bonds. The lowest BCUT2D eigenvalue weighted by atomic mass is 9.43. The van der Waals surface area contributed by atoms with Crippen LogP contribution >= 0.6 is 0 Å². The Kier molecular flexibility index (Phi) is 7.07. The van der Waals surface area contributed by atoms with Gasteiger partial charge in [0, 0.05) is 22.1 Å². The summed E-state index contributed by atoms with van der Waals surface area (Å²) in [7, 11) is 0. The lowest BCUT2D eigenvalue weighted by Gasteiger charge is -2.61. The normalized spacial score (nSPS) is 22.9. The summed E-state index contributed by atoms with van der Waals surface area (Å²) in [5, 5.41) is 9.53. The van der Waals surface area contributed by atoms with E-state index in [0.29, 0.717) is 34.9 Å². The summed E-state index contributed by atoms with van der Waals surface area (Å²) in [6, 6.07) is 53.9. The fourth-order valence-electron chi connectivity index (χ4n) is 11.2. The van der Waals surface area contributed by atoms with Gasteiger partial charge in [0.25, 0.3) is 0 Å². The number of benzene rings is 6. The minimum Gasteiger partial charge on any atom is -0.208 e. The smallest absolute Gasteiger partial charge is 0.164 e. The topological polar surface area (TPSA) is 62.5 Å². The molecule has 0 saturated heterocycles. The Bertz CT molecular complexity index is 2530. The summed E-state index contributed by atoms with van der Waals surface area (Å²) in [5.41, 5.74) is 14.3. The number of rotatable bonds is 5. The first kappa shape index (κ1) is 31.4. The second-order valence-corrected chi connectivity index (χ2v) is 16.0. The van der Waals surface area contributed by atoms with Crippen molar-refractivity contribution in [2.24, 2.45) is 23.7 Å². The van der Waals surface area contributed by atoms with Crippen LogP contribution in [-0.2, 0) is 5.41 Å². The monoisotopic (exact) mass is 694 g/mol. The first-order valence-electron chi connectivity index (χ1n) is 19.4. The Labute approximate surface area is 316 Å². The standard InChI is InChI=1S/C50H38N4/c51-30-31-17-19-34(20-18-31)42-15-8-16-44-46(42)43-22-21-38(29-45(43)50(44)40-24-32-23-33(26-40)27-41(50)25-32)37-13-7-14-39(28-37)49-53-47(35-9-3-1-4-10-35)52-48(54-49)36-11-5-2-6-12-36/h1-22,28-29,32-33,40-41H,23-27H2. The van der Waals surface area contributed by atoms with Gasteiger partial charge in [0.15, 0.2) is 17.5 Å². The molecule has 1 aromatic heterocycles. The minimum atomic E-state index is 0.0255. The first-order chi connectivity index (χ1) is 26.7. The maximum absolute atomic E-state index is 9.53. The van der Waals surface area contributed by atoms with E-state index >= 15 is 0 Å². The molecule has 5 aliphatic rings. The van der Waals surface area contributed by atoms with E-state index < -0.39 is 0 Å². The van der Waals surface area contributed by atoms with Crippen LogP contribution < -0.4 is 0 Å². The molecule has 0 atom stereocenters. The van der Waals surface area contributed by atoms with E-state index in [1.54, 1.807) is 0 Å². The van der Waals surface area contributed by atoms with Crippen LogP contribution in [0.5, 0.6) is 0 Å². The lowest BCUT2D eigenvalue weighted by molar-refractivity contribution is -0.0399. The van der Waals surface area contributed by atoms with Gasteiger partial charge in [-0.1, -0.05) is 121 Å². The Hall–Kier alpha value is -6.18. The van der Waals surface area contributed by atoms with Gasteiger partial charge in [0.05, 0.1) is 11.6 Å². The molecule has 5 aliphatic carbocycles. The summed E-state index contributed by atoms with van der Waals surface area (Å²) in [5.74, 6) is 5.06. The second-order valence-electron chi connectivity index (χ2n) is 16.0. The molecule has 4 bridgehead atoms. The highest BCUT2D eigenvalue weighted by molar-refractivity contribution is 5.94. The number of hydrogen-bond donors (Lipinski definition) is 0. The second kappa shape index (κ2) is 12.2. The van der Waals surface area contributed by atoms with Crippen LogP contribution in [0, 0.1) is 35.0 Å². The van der Waals surface area contributed by atoms with E-state index in [0.717, 1.165) is 28.5 Å². The number of aromatic nitrogens is 3. The van der Waals surface area contributed by atoms with Gasteiger partial charge < -0.3 is 0 Å². The van der Waals surface area contributed by atoms with Crippen molar-refractivity contribution in [2.75, 3.05) is 0 Å². The third kappa shape index (κ3) is 4.78. The predicted molar refractivity (Wildman–Crippen MR) is 215 cm³/mol. The quantitative estimate of drug-likeness (QED) is 0.180. The van der Waals surface area contributed by atoms with Crippen LogP contribution in [0.2, 0.25) is 0 Å². The summed E-state index contributed by atoms with van der Waals surface area (Å²) < 4.78 is 0. The molecule has 54 heavy (non-hydrogen) atoms. The molecule has 4 heteroatoms. The maximum Gasteiger partial charge on any atom is 0.164 e. The fourth-order valence-corrected chi connectivity index (χ4v) is 11.2. The Morgan fingerprint density at radius 3 is 1.61 bits per heavy atom. The van der Waals surface area contributed by atoms with E-state index in [2.05, 4.69) is 103 Å². The van der Waals surface area contributed by atoms with Gasteiger partial charge >= 0.3 is 0 Å². The largest absolute Gasteiger partial charge is 0.208 e. The van der Waals surface area contributed by atoms with Crippen molar-refractivity contribution >= 4 is 0 Å². The van der Waals surface area contributed by atoms with Crippen LogP contribution in [0.4, 0.5) is 0 Å². The Morgan fingerprint density at radius 2 is 0.981 bits per heavy atom. The van der Waals surface area contributed by atoms with E-state index in [4.69, 9.17) is 15.0 Å². The van der Waals surface area contributed by atoms with Crippen molar-refractivity contribution in [3.63, 3.8) is 0 Å². The number of fused-ring (bicyclic) bond motifs is 3. The lowest BCUT2D eigenvalue weighted by Crippen LogP contribution is -2.55. The maximum atomic E-state index is 9.53. The average Bonchev–Trinajstić information content (AvgIpc) is 3.53. The van der Waals surface area contributed by atoms with Gasteiger partial charge in [-0.15, -0.1) is 0 Å². The molecule has 12 rings (SSSR count). The SMILES string of the molecule is N#Cc1ccc(-c2cccc3c2-c2ccc(-c4cccc(-c5nc(-c6ccccc6)nc(-c6ccccc6)n5)c4)cc2C32C3CC4CC(C3)CC2C4)cc1. The van der Waals surface area contributed by atoms with Crippen LogP contribution in [0.1, 0.15) is 48.8 Å². The molecule has 0 unspecified atom stereocenters. The molecule has 0 aliphatic heterocycles. The molecule has 1 spiro atoms. The summed E-state index contributed by atoms with van der Waals surface area (Å²) in [4.78, 5) is 15.0. The molecule has 7 aromatic rings. The third-order valence-corrected chi connectivity index (χ3v) is 13.1. The van der Waals surface area contributed by atoms with Crippen molar-refractivity contribution in [2.45, 2.75) is 37.5 Å². The van der Waals surface area contributed by atoms with Gasteiger partial charge in [-0.3, -0.25) is 0 Å². The first-order valence-corrected chi connectivity index (χ1v) is 19.4. The van der Waals surface area contributed by atoms with Crippen LogP contribution in [0.25, 0.3) is 67.5 Å². The van der Waals surface area contributed by atoms with Crippen molar-refractivity contribution in [1.82, 2.24) is 15.0 Å². The summed E-state index contributed by atoms with van der Waals surface area (Å²) in [6.45, 7) is 0. The van der Waals surface area contributed by atoms with Crippen molar-refractivity contribution in [1.29, 1.82) is 5.26 Å². The van der Waals surface area contributed by atoms with E-state index in [1.165, 1.54) is 76.6 Å². The van der Waals surface area contributed by atoms with E-state index in [-0.39, 0.29) is 5.41 Å². The van der Waals surface area contributed by atoms with E-state index in [9.17, 15) is 5.26 Å². The highest BCUT2D eigenvalue weighted by Gasteiger charge is 2.61. The van der Waals surface area contributed by atoms with Crippen LogP contribution in [0.3, 0.4) is 0 Å². The van der Waals surface area contributed by atoms with Crippen molar-refractivity contribution in [3.8, 4) is 73.6 Å². The molecule has 4 fully saturated rings. The molecule has 258 valence electrons. The van der Waals surface area contributed by atoms with Crippen molar-refractivity contribution in [3.05, 3.63) is 162 Å². The predicted octanol–water partition coefficient (Wildman–Crippen LogP) is 11.8. The molecule has 1 heterocycles. The molecular formula is C50H38N4. The molecular weight excluding hydrogens is 657 g/mol. The third-order valence-electron chi connectivity index (χ3n) is 13.1. The van der Waals surface area contributed by atoms with Gasteiger partial charge in [-0.25, -0.2) is 15.0 Å². The average molecular weight is 695 g/mol. The minimum absolute atomic E-state index is 0.0255. The highest BCUT2D eigenvalue weighted by atomic mass is 15.0. The van der Waals surface area contributed by atoms with E-state index in [1.807, 2.05) is 48.5 Å². The number of hydrogen-bond acceptors (Lipinski definition) is 4. The molecule has 4 nitrogen and oxygen atoms in total. The number of nitriles is 1. The highest BCUT2D eigenvalue weighted by Crippen LogP contribution is 2.70. The zero-order chi connectivity index (χ0) is 35.8. The van der Waals surface area contributed by atoms with Crippen LogP contribution in [-0.4, -0.2) is 15.0 Å². The van der Waals surface area contributed by atoms with Crippen molar-refractivity contribution < 1.29 is 0 Å². The zero-order valence-electron chi connectivity index (χ0n) is 30.0.